The molecule has 140 valence electrons. The van der Waals surface area contributed by atoms with E-state index in [1.165, 1.54) is 0 Å². The summed E-state index contributed by atoms with van der Waals surface area (Å²) in [5.74, 6) is 2.14. The average molecular weight is 365 g/mol. The van der Waals surface area contributed by atoms with Gasteiger partial charge in [-0.2, -0.15) is 11.8 Å². The van der Waals surface area contributed by atoms with Crippen molar-refractivity contribution >= 4 is 23.7 Å². The van der Waals surface area contributed by atoms with Gasteiger partial charge in [0.05, 0.1) is 13.2 Å². The molecule has 0 heterocycles. The van der Waals surface area contributed by atoms with Crippen molar-refractivity contribution in [3.63, 3.8) is 0 Å². The van der Waals surface area contributed by atoms with Crippen LogP contribution in [-0.4, -0.2) is 70.4 Å². The SMILES string of the molecule is CCN(CCN(CC)C(C)(C)C)SCCOCCSC(C)(C)C. The van der Waals surface area contributed by atoms with Crippen LogP contribution in [-0.2, 0) is 4.74 Å². The zero-order chi connectivity index (χ0) is 17.9. The van der Waals surface area contributed by atoms with Crippen molar-refractivity contribution in [3.8, 4) is 0 Å². The maximum absolute atomic E-state index is 5.75. The normalized spacial score (nSPS) is 13.3. The summed E-state index contributed by atoms with van der Waals surface area (Å²) in [5, 5.41) is 0. The van der Waals surface area contributed by atoms with Crippen molar-refractivity contribution in [2.75, 3.05) is 50.9 Å². The molecular formula is C18H40N2OS2. The first-order valence-electron chi connectivity index (χ1n) is 8.94. The van der Waals surface area contributed by atoms with Crippen LogP contribution in [0.4, 0.5) is 0 Å². The van der Waals surface area contributed by atoms with Gasteiger partial charge in [0.2, 0.25) is 0 Å². The van der Waals surface area contributed by atoms with E-state index in [0.717, 1.165) is 50.9 Å². The molecule has 0 aliphatic carbocycles. The molecule has 0 fully saturated rings. The minimum absolute atomic E-state index is 0.257. The minimum Gasteiger partial charge on any atom is -0.380 e. The Labute approximate surface area is 154 Å². The fourth-order valence-electron chi connectivity index (χ4n) is 2.25. The lowest BCUT2D eigenvalue weighted by Gasteiger charge is -2.36. The van der Waals surface area contributed by atoms with Crippen LogP contribution in [0.2, 0.25) is 0 Å². The van der Waals surface area contributed by atoms with Gasteiger partial charge >= 0.3 is 0 Å². The van der Waals surface area contributed by atoms with Gasteiger partial charge in [-0.05, 0) is 27.3 Å². The Morgan fingerprint density at radius 3 is 1.91 bits per heavy atom. The Bertz CT molecular complexity index is 288. The lowest BCUT2D eigenvalue weighted by atomic mass is 10.1. The summed E-state index contributed by atoms with van der Waals surface area (Å²) in [7, 11) is 0. The number of likely N-dealkylation sites (N-methyl/N-ethyl adjacent to an activating group) is 2. The standard InChI is InChI=1S/C18H40N2OS2/c1-9-19(17(3,4)5)11-12-20(10-2)23-16-14-21-13-15-22-18(6,7)8/h9-16H2,1-8H3. The highest BCUT2D eigenvalue weighted by atomic mass is 32.2. The van der Waals surface area contributed by atoms with Crippen LogP contribution in [0.1, 0.15) is 55.4 Å². The molecule has 0 radical (unpaired) electrons. The molecule has 0 N–H and O–H groups in total. The van der Waals surface area contributed by atoms with Crippen molar-refractivity contribution in [3.05, 3.63) is 0 Å². The number of thioether (sulfide) groups is 1. The van der Waals surface area contributed by atoms with Crippen molar-refractivity contribution in [1.29, 1.82) is 0 Å². The van der Waals surface area contributed by atoms with E-state index < -0.39 is 0 Å². The first-order chi connectivity index (χ1) is 10.6. The zero-order valence-electron chi connectivity index (χ0n) is 16.8. The fourth-order valence-corrected chi connectivity index (χ4v) is 3.91. The Kier molecular flexibility index (Phi) is 12.3. The third-order valence-electron chi connectivity index (χ3n) is 3.57. The fraction of sp³-hybridized carbons (Fsp3) is 1.00. The Morgan fingerprint density at radius 1 is 0.826 bits per heavy atom. The summed E-state index contributed by atoms with van der Waals surface area (Å²) >= 11 is 3.89. The van der Waals surface area contributed by atoms with Gasteiger partial charge in [-0.3, -0.25) is 4.90 Å². The number of ether oxygens (including phenoxy) is 1. The predicted octanol–water partition coefficient (Wildman–Crippen LogP) is 4.63. The second-order valence-corrected chi connectivity index (χ2v) is 10.8. The summed E-state index contributed by atoms with van der Waals surface area (Å²) in [4.78, 5) is 2.54. The number of hydrogen-bond acceptors (Lipinski definition) is 5. The molecule has 0 saturated heterocycles. The molecule has 0 saturated carbocycles. The van der Waals surface area contributed by atoms with Gasteiger partial charge in [-0.1, -0.05) is 46.6 Å². The summed E-state index contributed by atoms with van der Waals surface area (Å²) in [6.45, 7) is 24.3. The third kappa shape index (κ3) is 13.5. The van der Waals surface area contributed by atoms with Crippen LogP contribution in [0.25, 0.3) is 0 Å². The first kappa shape index (κ1) is 23.6. The molecule has 0 bridgehead atoms. The largest absolute Gasteiger partial charge is 0.380 e. The lowest BCUT2D eigenvalue weighted by molar-refractivity contribution is 0.138. The van der Waals surface area contributed by atoms with Crippen molar-refractivity contribution in [1.82, 2.24) is 9.21 Å². The maximum Gasteiger partial charge on any atom is 0.0569 e. The van der Waals surface area contributed by atoms with Crippen molar-refractivity contribution < 1.29 is 4.74 Å². The van der Waals surface area contributed by atoms with E-state index in [9.17, 15) is 0 Å². The highest BCUT2D eigenvalue weighted by molar-refractivity contribution is 8.00. The highest BCUT2D eigenvalue weighted by Crippen LogP contribution is 2.22. The van der Waals surface area contributed by atoms with Crippen LogP contribution in [0.3, 0.4) is 0 Å². The van der Waals surface area contributed by atoms with Gasteiger partial charge in [-0.25, -0.2) is 4.31 Å². The lowest BCUT2D eigenvalue weighted by Crippen LogP contribution is -2.44. The van der Waals surface area contributed by atoms with E-state index in [1.807, 2.05) is 23.7 Å². The molecule has 0 rings (SSSR count). The van der Waals surface area contributed by atoms with E-state index in [1.54, 1.807) is 0 Å². The summed E-state index contributed by atoms with van der Waals surface area (Å²) < 4.78 is 8.55. The Morgan fingerprint density at radius 2 is 1.43 bits per heavy atom. The van der Waals surface area contributed by atoms with Gasteiger partial charge in [-0.15, -0.1) is 0 Å². The third-order valence-corrected chi connectivity index (χ3v) is 5.96. The van der Waals surface area contributed by atoms with E-state index in [2.05, 4.69) is 64.6 Å². The zero-order valence-corrected chi connectivity index (χ0v) is 18.4. The Balaban J connectivity index is 3.78. The van der Waals surface area contributed by atoms with E-state index in [-0.39, 0.29) is 5.54 Å². The van der Waals surface area contributed by atoms with E-state index in [0.29, 0.717) is 4.75 Å². The van der Waals surface area contributed by atoms with Crippen molar-refractivity contribution in [2.45, 2.75) is 65.7 Å². The molecule has 0 unspecified atom stereocenters. The molecule has 0 amide bonds. The van der Waals surface area contributed by atoms with Gasteiger partial charge in [0.1, 0.15) is 0 Å². The molecule has 0 aromatic heterocycles. The summed E-state index contributed by atoms with van der Waals surface area (Å²) in [5.41, 5.74) is 0.257. The first-order valence-corrected chi connectivity index (χ1v) is 10.9. The summed E-state index contributed by atoms with van der Waals surface area (Å²) in [6.07, 6.45) is 0. The van der Waals surface area contributed by atoms with Gasteiger partial charge in [0, 0.05) is 41.4 Å². The summed E-state index contributed by atoms with van der Waals surface area (Å²) in [6, 6.07) is 0. The maximum atomic E-state index is 5.75. The molecule has 0 aliphatic heterocycles. The van der Waals surface area contributed by atoms with Crippen LogP contribution in [0.15, 0.2) is 0 Å². The molecule has 0 spiro atoms. The second-order valence-electron chi connectivity index (χ2n) is 7.68. The highest BCUT2D eigenvalue weighted by Gasteiger charge is 2.19. The molecule has 0 atom stereocenters. The molecule has 5 heteroatoms. The van der Waals surface area contributed by atoms with Gasteiger partial charge in [0.15, 0.2) is 0 Å². The molecule has 0 aromatic carbocycles. The molecular weight excluding hydrogens is 324 g/mol. The topological polar surface area (TPSA) is 15.7 Å². The number of nitrogens with zero attached hydrogens (tertiary/aromatic N) is 2. The predicted molar refractivity (Wildman–Crippen MR) is 110 cm³/mol. The molecule has 0 aliphatic rings. The van der Waals surface area contributed by atoms with Crippen molar-refractivity contribution in [2.24, 2.45) is 0 Å². The van der Waals surface area contributed by atoms with Crippen LogP contribution < -0.4 is 0 Å². The quantitative estimate of drug-likeness (QED) is 0.369. The second kappa shape index (κ2) is 12.0. The molecule has 23 heavy (non-hydrogen) atoms. The Hall–Kier alpha value is 0.580. The van der Waals surface area contributed by atoms with Gasteiger partial charge < -0.3 is 4.74 Å². The molecule has 3 nitrogen and oxygen atoms in total. The number of hydrogen-bond donors (Lipinski definition) is 0. The van der Waals surface area contributed by atoms with Gasteiger partial charge in [0.25, 0.3) is 0 Å². The minimum atomic E-state index is 0.257. The monoisotopic (exact) mass is 364 g/mol. The van der Waals surface area contributed by atoms with Crippen LogP contribution in [0.5, 0.6) is 0 Å². The van der Waals surface area contributed by atoms with E-state index >= 15 is 0 Å². The number of rotatable bonds is 12. The van der Waals surface area contributed by atoms with Crippen LogP contribution >= 0.6 is 23.7 Å². The van der Waals surface area contributed by atoms with Crippen LogP contribution in [0, 0.1) is 0 Å². The smallest absolute Gasteiger partial charge is 0.0569 e. The molecule has 0 aromatic rings. The van der Waals surface area contributed by atoms with E-state index in [4.69, 9.17) is 4.74 Å². The average Bonchev–Trinajstić information content (AvgIpc) is 2.42.